The molecule has 3 atom stereocenters. The van der Waals surface area contributed by atoms with Crippen molar-refractivity contribution in [2.24, 2.45) is 16.7 Å². The van der Waals surface area contributed by atoms with Crippen molar-refractivity contribution in [1.29, 1.82) is 0 Å². The van der Waals surface area contributed by atoms with E-state index in [0.717, 1.165) is 21.6 Å². The molecule has 2 aliphatic rings. The number of rotatable bonds is 3. The third-order valence-electron chi connectivity index (χ3n) is 6.15. The molecule has 0 aromatic heterocycles. The normalized spacial score (nSPS) is 34.6. The Bertz CT molecular complexity index is 507. The zero-order chi connectivity index (χ0) is 14.5. The maximum Gasteiger partial charge on any atom is 0.0722 e. The van der Waals surface area contributed by atoms with E-state index in [4.69, 9.17) is 10.5 Å². The molecule has 0 heterocycles. The molecule has 2 aliphatic carbocycles. The quantitative estimate of drug-likeness (QED) is 0.806. The highest BCUT2D eigenvalue weighted by molar-refractivity contribution is 9.10. The van der Waals surface area contributed by atoms with Crippen LogP contribution in [0.2, 0.25) is 0 Å². The molecule has 3 heteroatoms. The Morgan fingerprint density at radius 1 is 1.30 bits per heavy atom. The predicted molar refractivity (Wildman–Crippen MR) is 86.4 cm³/mol. The van der Waals surface area contributed by atoms with Gasteiger partial charge in [0.1, 0.15) is 0 Å². The Labute approximate surface area is 130 Å². The van der Waals surface area contributed by atoms with Crippen molar-refractivity contribution in [2.45, 2.75) is 52.7 Å². The Kier molecular flexibility index (Phi) is 3.41. The van der Waals surface area contributed by atoms with Crippen molar-refractivity contribution in [1.82, 2.24) is 0 Å². The maximum absolute atomic E-state index is 6.30. The second kappa shape index (κ2) is 4.74. The number of halogens is 1. The third kappa shape index (κ3) is 2.10. The number of nitrogens with two attached hydrogens (primary N) is 1. The Hall–Kier alpha value is -0.540. The standard InChI is InChI=1S/C17H24BrNO/c1-16(2)12-4-5-17(16,3)15(8-12)20-10-11-6-13(18)9-14(19)7-11/h6-7,9,12,15H,4-5,8,10,19H2,1-3H3. The van der Waals surface area contributed by atoms with Crippen LogP contribution in [0.3, 0.4) is 0 Å². The summed E-state index contributed by atoms with van der Waals surface area (Å²) in [7, 11) is 0. The van der Waals surface area contributed by atoms with Crippen molar-refractivity contribution >= 4 is 21.6 Å². The van der Waals surface area contributed by atoms with Gasteiger partial charge in [0, 0.05) is 10.2 Å². The van der Waals surface area contributed by atoms with Gasteiger partial charge in [-0.3, -0.25) is 0 Å². The van der Waals surface area contributed by atoms with Crippen LogP contribution in [0.1, 0.15) is 45.6 Å². The molecule has 3 rings (SSSR count). The van der Waals surface area contributed by atoms with E-state index >= 15 is 0 Å². The van der Waals surface area contributed by atoms with Gasteiger partial charge in [-0.05, 0) is 59.8 Å². The van der Waals surface area contributed by atoms with E-state index in [9.17, 15) is 0 Å². The van der Waals surface area contributed by atoms with Gasteiger partial charge in [0.15, 0.2) is 0 Å². The molecule has 2 N–H and O–H groups in total. The Balaban J connectivity index is 1.71. The topological polar surface area (TPSA) is 35.2 Å². The number of ether oxygens (including phenoxy) is 1. The zero-order valence-electron chi connectivity index (χ0n) is 12.6. The van der Waals surface area contributed by atoms with Gasteiger partial charge in [-0.2, -0.15) is 0 Å². The molecule has 1 aromatic rings. The van der Waals surface area contributed by atoms with Crippen LogP contribution in [-0.4, -0.2) is 6.10 Å². The summed E-state index contributed by atoms with van der Waals surface area (Å²) in [6, 6.07) is 6.02. The second-order valence-corrected chi connectivity index (χ2v) is 8.22. The van der Waals surface area contributed by atoms with E-state index in [1.54, 1.807) is 0 Å². The van der Waals surface area contributed by atoms with Crippen LogP contribution in [-0.2, 0) is 11.3 Å². The smallest absolute Gasteiger partial charge is 0.0722 e. The van der Waals surface area contributed by atoms with E-state index in [1.165, 1.54) is 19.3 Å². The molecule has 3 unspecified atom stereocenters. The van der Waals surface area contributed by atoms with E-state index < -0.39 is 0 Å². The first kappa shape index (κ1) is 14.4. The fraction of sp³-hybridized carbons (Fsp3) is 0.647. The molecule has 0 radical (unpaired) electrons. The molecular formula is C17H24BrNO. The molecule has 2 nitrogen and oxygen atoms in total. The minimum Gasteiger partial charge on any atom is -0.399 e. The predicted octanol–water partition coefficient (Wildman–Crippen LogP) is 4.76. The Morgan fingerprint density at radius 3 is 2.60 bits per heavy atom. The summed E-state index contributed by atoms with van der Waals surface area (Å²) in [5, 5.41) is 0. The molecular weight excluding hydrogens is 314 g/mol. The summed E-state index contributed by atoms with van der Waals surface area (Å²) in [4.78, 5) is 0. The van der Waals surface area contributed by atoms with Crippen molar-refractivity contribution < 1.29 is 4.74 Å². The molecule has 2 fully saturated rings. The largest absolute Gasteiger partial charge is 0.399 e. The number of hydrogen-bond donors (Lipinski definition) is 1. The van der Waals surface area contributed by atoms with Crippen LogP contribution >= 0.6 is 15.9 Å². The lowest BCUT2D eigenvalue weighted by Gasteiger charge is -2.39. The van der Waals surface area contributed by atoms with E-state index in [2.05, 4.69) is 42.8 Å². The fourth-order valence-electron chi connectivity index (χ4n) is 4.34. The summed E-state index contributed by atoms with van der Waals surface area (Å²) in [6.45, 7) is 7.92. The van der Waals surface area contributed by atoms with Crippen LogP contribution in [0, 0.1) is 16.7 Å². The van der Waals surface area contributed by atoms with Gasteiger partial charge in [-0.25, -0.2) is 0 Å². The van der Waals surface area contributed by atoms with Crippen LogP contribution in [0.15, 0.2) is 22.7 Å². The van der Waals surface area contributed by atoms with Gasteiger partial charge >= 0.3 is 0 Å². The summed E-state index contributed by atoms with van der Waals surface area (Å²) >= 11 is 3.49. The fourth-order valence-corrected chi connectivity index (χ4v) is 4.90. The van der Waals surface area contributed by atoms with Gasteiger partial charge in [0.05, 0.1) is 12.7 Å². The van der Waals surface area contributed by atoms with Gasteiger partial charge in [0.25, 0.3) is 0 Å². The van der Waals surface area contributed by atoms with Crippen LogP contribution in [0.4, 0.5) is 5.69 Å². The van der Waals surface area contributed by atoms with E-state index in [1.807, 2.05) is 12.1 Å². The number of anilines is 1. The molecule has 0 spiro atoms. The first-order chi connectivity index (χ1) is 9.33. The SMILES string of the molecule is CC1(C)C2CCC1(C)C(OCc1cc(N)cc(Br)c1)C2. The number of hydrogen-bond acceptors (Lipinski definition) is 2. The second-order valence-electron chi connectivity index (χ2n) is 7.30. The molecule has 0 amide bonds. The highest BCUT2D eigenvalue weighted by atomic mass is 79.9. The van der Waals surface area contributed by atoms with Crippen molar-refractivity contribution in [3.8, 4) is 0 Å². The highest BCUT2D eigenvalue weighted by Gasteiger charge is 2.61. The highest BCUT2D eigenvalue weighted by Crippen LogP contribution is 2.66. The summed E-state index contributed by atoms with van der Waals surface area (Å²) < 4.78 is 7.32. The molecule has 20 heavy (non-hydrogen) atoms. The van der Waals surface area contributed by atoms with Crippen molar-refractivity contribution in [3.63, 3.8) is 0 Å². The molecule has 2 bridgehead atoms. The van der Waals surface area contributed by atoms with Gasteiger partial charge < -0.3 is 10.5 Å². The lowest BCUT2D eigenvalue weighted by atomic mass is 9.70. The van der Waals surface area contributed by atoms with Gasteiger partial charge in [-0.1, -0.05) is 36.7 Å². The number of fused-ring (bicyclic) bond motifs is 2. The van der Waals surface area contributed by atoms with E-state index in [-0.39, 0.29) is 0 Å². The molecule has 110 valence electrons. The molecule has 0 saturated heterocycles. The first-order valence-electron chi connectivity index (χ1n) is 7.49. The zero-order valence-corrected chi connectivity index (χ0v) is 14.2. The minimum atomic E-state index is 0.329. The summed E-state index contributed by atoms with van der Waals surface area (Å²) in [5.74, 6) is 0.824. The lowest BCUT2D eigenvalue weighted by Crippen LogP contribution is -2.37. The van der Waals surface area contributed by atoms with Crippen molar-refractivity contribution in [3.05, 3.63) is 28.2 Å². The molecule has 2 saturated carbocycles. The van der Waals surface area contributed by atoms with E-state index in [0.29, 0.717) is 23.5 Å². The monoisotopic (exact) mass is 337 g/mol. The molecule has 0 aliphatic heterocycles. The average molecular weight is 338 g/mol. The first-order valence-corrected chi connectivity index (χ1v) is 8.29. The number of benzene rings is 1. The summed E-state index contributed by atoms with van der Waals surface area (Å²) in [5.41, 5.74) is 8.57. The van der Waals surface area contributed by atoms with Crippen molar-refractivity contribution in [2.75, 3.05) is 5.73 Å². The maximum atomic E-state index is 6.30. The van der Waals surface area contributed by atoms with Gasteiger partial charge in [-0.15, -0.1) is 0 Å². The third-order valence-corrected chi connectivity index (χ3v) is 6.60. The van der Waals surface area contributed by atoms with Crippen LogP contribution in [0.25, 0.3) is 0 Å². The number of nitrogen functional groups attached to an aromatic ring is 1. The van der Waals surface area contributed by atoms with Crippen LogP contribution < -0.4 is 5.73 Å². The lowest BCUT2D eigenvalue weighted by molar-refractivity contribution is -0.0550. The average Bonchev–Trinajstić information content (AvgIpc) is 2.67. The van der Waals surface area contributed by atoms with Crippen LogP contribution in [0.5, 0.6) is 0 Å². The molecule has 1 aromatic carbocycles. The minimum absolute atomic E-state index is 0.329. The summed E-state index contributed by atoms with van der Waals surface area (Å²) in [6.07, 6.45) is 4.27. The van der Waals surface area contributed by atoms with Gasteiger partial charge in [0.2, 0.25) is 0 Å². The Morgan fingerprint density at radius 2 is 2.05 bits per heavy atom.